The lowest BCUT2D eigenvalue weighted by Gasteiger charge is -2.30. The largest absolute Gasteiger partial charge is 0.490 e. The number of rotatable bonds is 10. The molecule has 1 saturated heterocycles. The molecule has 0 radical (unpaired) electrons. The molecule has 16 heteroatoms. The molecule has 1 fully saturated rings. The number of anilines is 3. The van der Waals surface area contributed by atoms with Crippen LogP contribution in [0.5, 0.6) is 17.2 Å². The second-order valence-corrected chi connectivity index (χ2v) is 16.9. The SMILES string of the molecule is COCCOc1cc(/C=C/C2=C(C#N)C(=C(C#N)C#N)OC2(C)CCCO)ccc1N1CCOc2cc(C)ccc2N2CCOCCOCCN(CCOCCOCC2)c2ccc(C)cc2OCC1. The molecule has 0 aromatic heterocycles. The van der Waals surface area contributed by atoms with Gasteiger partial charge in [0.05, 0.1) is 89.6 Å². The van der Waals surface area contributed by atoms with Crippen LogP contribution in [-0.2, 0) is 28.4 Å². The van der Waals surface area contributed by atoms with Crippen molar-refractivity contribution in [2.45, 2.75) is 39.2 Å². The molecule has 3 aromatic carbocycles. The molecule has 4 heterocycles. The van der Waals surface area contributed by atoms with Gasteiger partial charge in [0, 0.05) is 45.5 Å². The summed E-state index contributed by atoms with van der Waals surface area (Å²) >= 11 is 0. The fraction of sp³-hybridized carbons (Fsp3) is 0.491. The maximum atomic E-state index is 10.3. The van der Waals surface area contributed by atoms with Crippen LogP contribution in [0.3, 0.4) is 0 Å². The van der Waals surface area contributed by atoms with E-state index in [1.165, 1.54) is 0 Å². The zero-order valence-electron chi connectivity index (χ0n) is 40.5. The monoisotopic (exact) mass is 946 g/mol. The first-order valence-corrected chi connectivity index (χ1v) is 23.7. The minimum absolute atomic E-state index is 0.0575. The summed E-state index contributed by atoms with van der Waals surface area (Å²) in [5.41, 5.74) is 4.82. The molecule has 0 aliphatic carbocycles. The third kappa shape index (κ3) is 14.6. The summed E-state index contributed by atoms with van der Waals surface area (Å²) < 4.78 is 55.9. The summed E-state index contributed by atoms with van der Waals surface area (Å²) in [4.78, 5) is 6.68. The Balaban J connectivity index is 1.39. The number of aryl methyl sites for hydroxylation is 2. The Morgan fingerprint density at radius 1 is 0.667 bits per heavy atom. The van der Waals surface area contributed by atoms with Gasteiger partial charge in [0.25, 0.3) is 0 Å². The Labute approximate surface area is 407 Å². The van der Waals surface area contributed by atoms with Gasteiger partial charge >= 0.3 is 0 Å². The van der Waals surface area contributed by atoms with E-state index in [0.717, 1.165) is 45.3 Å². The number of methoxy groups -OCH3 is 1. The summed E-state index contributed by atoms with van der Waals surface area (Å²) in [6.45, 7) is 14.4. The van der Waals surface area contributed by atoms with Crippen LogP contribution in [0.25, 0.3) is 6.08 Å². The second-order valence-electron chi connectivity index (χ2n) is 16.9. The van der Waals surface area contributed by atoms with Gasteiger partial charge in [0.2, 0.25) is 0 Å². The van der Waals surface area contributed by atoms with E-state index in [2.05, 4.69) is 71.0 Å². The van der Waals surface area contributed by atoms with Gasteiger partial charge in [0.15, 0.2) is 11.3 Å². The quantitative estimate of drug-likeness (QED) is 0.129. The summed E-state index contributed by atoms with van der Waals surface area (Å²) in [6.07, 6.45) is 4.35. The lowest BCUT2D eigenvalue weighted by Crippen LogP contribution is -2.34. The van der Waals surface area contributed by atoms with Crippen LogP contribution in [0, 0.1) is 47.8 Å². The molecule has 2 bridgehead atoms. The number of aliphatic hydroxyl groups excluding tert-OH is 1. The molecule has 0 saturated carbocycles. The Morgan fingerprint density at radius 2 is 1.17 bits per heavy atom. The third-order valence-corrected chi connectivity index (χ3v) is 12.0. The average Bonchev–Trinajstić information content (AvgIpc) is 3.63. The number of hydrogen-bond donors (Lipinski definition) is 1. The number of fused-ring (bicyclic) bond motifs is 20. The van der Waals surface area contributed by atoms with Crippen LogP contribution in [-0.4, -0.2) is 143 Å². The molecule has 16 nitrogen and oxygen atoms in total. The number of aliphatic hydroxyl groups is 1. The maximum absolute atomic E-state index is 10.3. The number of benzene rings is 3. The molecular formula is C53H66N6O10. The number of ether oxygens (including phenoxy) is 9. The summed E-state index contributed by atoms with van der Waals surface area (Å²) in [5, 5.41) is 39.4. The van der Waals surface area contributed by atoms with E-state index in [1.807, 2.05) is 36.4 Å². The van der Waals surface area contributed by atoms with Gasteiger partial charge in [0.1, 0.15) is 66.5 Å². The predicted molar refractivity (Wildman–Crippen MR) is 263 cm³/mol. The highest BCUT2D eigenvalue weighted by Crippen LogP contribution is 2.44. The van der Waals surface area contributed by atoms with Gasteiger partial charge in [-0.3, -0.25) is 0 Å². The Bertz CT molecular complexity index is 2270. The van der Waals surface area contributed by atoms with E-state index in [-0.39, 0.29) is 30.1 Å². The van der Waals surface area contributed by atoms with Crippen molar-refractivity contribution in [1.82, 2.24) is 0 Å². The smallest absolute Gasteiger partial charge is 0.172 e. The van der Waals surface area contributed by atoms with Crippen molar-refractivity contribution >= 4 is 23.1 Å². The first-order chi connectivity index (χ1) is 33.7. The van der Waals surface area contributed by atoms with Crippen LogP contribution < -0.4 is 28.9 Å². The standard InChI is InChI=1S/C53H66N6O10/c1-40-6-11-46-49(34-40)66-26-19-59(20-27-67-50-35-41(2)7-12-47(50)58-17-24-64-31-29-62-22-15-57(46)16-23-63-30-32-65-25-18-58)48-13-9-42(36-51(48)68-33-28-61-4)8-10-45-44(39-56)52(43(37-54)38-55)69-53(45,3)14-5-21-60/h6-13,34-36,60H,5,14-33H2,1-4H3/b10-8+. The minimum atomic E-state index is -1.07. The Hall–Kier alpha value is -6.29. The topological polar surface area (TPSA) is 184 Å². The van der Waals surface area contributed by atoms with Crippen molar-refractivity contribution in [3.05, 3.63) is 99.8 Å². The van der Waals surface area contributed by atoms with Crippen LogP contribution >= 0.6 is 0 Å². The van der Waals surface area contributed by atoms with Crippen LogP contribution in [0.4, 0.5) is 17.1 Å². The molecule has 368 valence electrons. The summed E-state index contributed by atoms with van der Waals surface area (Å²) in [7, 11) is 1.62. The first kappa shape index (κ1) is 52.1. The minimum Gasteiger partial charge on any atom is -0.490 e. The normalized spacial score (nSPS) is 19.3. The van der Waals surface area contributed by atoms with Crippen LogP contribution in [0.15, 0.2) is 83.2 Å². The van der Waals surface area contributed by atoms with Gasteiger partial charge in [-0.25, -0.2) is 0 Å². The predicted octanol–water partition coefficient (Wildman–Crippen LogP) is 6.70. The fourth-order valence-electron chi connectivity index (χ4n) is 8.35. The van der Waals surface area contributed by atoms with Gasteiger partial charge in [-0.1, -0.05) is 30.4 Å². The number of hydrogen-bond acceptors (Lipinski definition) is 16. The van der Waals surface area contributed by atoms with Crippen molar-refractivity contribution < 1.29 is 47.7 Å². The third-order valence-electron chi connectivity index (χ3n) is 12.0. The molecular weight excluding hydrogens is 881 g/mol. The molecule has 1 unspecified atom stereocenters. The maximum Gasteiger partial charge on any atom is 0.172 e. The molecule has 1 N–H and O–H groups in total. The fourth-order valence-corrected chi connectivity index (χ4v) is 8.35. The molecule has 1 atom stereocenters. The number of nitrogens with zero attached hydrogens (tertiary/aromatic N) is 6. The lowest BCUT2D eigenvalue weighted by molar-refractivity contribution is 0.0435. The van der Waals surface area contributed by atoms with E-state index in [0.29, 0.717) is 136 Å². The number of nitriles is 3. The van der Waals surface area contributed by atoms with E-state index < -0.39 is 5.60 Å². The van der Waals surface area contributed by atoms with Crippen molar-refractivity contribution in [2.75, 3.05) is 147 Å². The molecule has 69 heavy (non-hydrogen) atoms. The van der Waals surface area contributed by atoms with E-state index >= 15 is 0 Å². The second kappa shape index (κ2) is 27.0. The molecule has 3 aromatic rings. The van der Waals surface area contributed by atoms with Crippen molar-refractivity contribution in [1.29, 1.82) is 15.8 Å². The highest BCUT2D eigenvalue weighted by Gasteiger charge is 2.42. The van der Waals surface area contributed by atoms with Gasteiger partial charge < -0.3 is 62.4 Å². The zero-order valence-corrected chi connectivity index (χ0v) is 40.5. The molecule has 0 spiro atoms. The lowest BCUT2D eigenvalue weighted by atomic mass is 9.88. The summed E-state index contributed by atoms with van der Waals surface area (Å²) in [6, 6.07) is 24.2. The first-order valence-electron chi connectivity index (χ1n) is 23.7. The number of allylic oxidation sites excluding steroid dienone is 2. The Kier molecular flexibility index (Phi) is 20.4. The van der Waals surface area contributed by atoms with Crippen molar-refractivity contribution in [2.24, 2.45) is 0 Å². The van der Waals surface area contributed by atoms with Crippen molar-refractivity contribution in [3.63, 3.8) is 0 Å². The van der Waals surface area contributed by atoms with Gasteiger partial charge in [-0.05, 0) is 86.7 Å². The highest BCUT2D eigenvalue weighted by molar-refractivity contribution is 5.69. The molecule has 7 rings (SSSR count). The molecule has 0 amide bonds. The van der Waals surface area contributed by atoms with Crippen molar-refractivity contribution in [3.8, 4) is 35.5 Å². The average molecular weight is 947 g/mol. The molecule has 4 aliphatic heterocycles. The summed E-state index contributed by atoms with van der Waals surface area (Å²) in [5.74, 6) is 2.03. The molecule has 4 aliphatic rings. The van der Waals surface area contributed by atoms with Crippen LogP contribution in [0.1, 0.15) is 36.5 Å². The van der Waals surface area contributed by atoms with E-state index in [1.54, 1.807) is 20.1 Å². The zero-order chi connectivity index (χ0) is 48.9. The van der Waals surface area contributed by atoms with Crippen LogP contribution in [0.2, 0.25) is 0 Å². The van der Waals surface area contributed by atoms with Gasteiger partial charge in [-0.2, -0.15) is 15.8 Å². The van der Waals surface area contributed by atoms with Gasteiger partial charge in [-0.15, -0.1) is 0 Å². The van der Waals surface area contributed by atoms with E-state index in [9.17, 15) is 20.9 Å². The highest BCUT2D eigenvalue weighted by atomic mass is 16.5. The Morgan fingerprint density at radius 3 is 1.67 bits per heavy atom. The van der Waals surface area contributed by atoms with E-state index in [4.69, 9.17) is 42.6 Å².